The van der Waals surface area contributed by atoms with E-state index in [0.29, 0.717) is 34.4 Å². The monoisotopic (exact) mass is 787 g/mol. The van der Waals surface area contributed by atoms with Crippen LogP contribution in [-0.4, -0.2) is 40.2 Å². The Bertz CT molecular complexity index is 2430. The summed E-state index contributed by atoms with van der Waals surface area (Å²) in [5.74, 6) is 8.52. The zero-order valence-corrected chi connectivity index (χ0v) is 34.3. The van der Waals surface area contributed by atoms with Gasteiger partial charge in [0.2, 0.25) is 10.0 Å². The summed E-state index contributed by atoms with van der Waals surface area (Å²) in [5.41, 5.74) is 10.3. The first kappa shape index (κ1) is 39.3. The fourth-order valence-electron chi connectivity index (χ4n) is 6.78. The van der Waals surface area contributed by atoms with Crippen molar-refractivity contribution in [3.63, 3.8) is 0 Å². The van der Waals surface area contributed by atoms with Crippen molar-refractivity contribution in [2.75, 3.05) is 20.0 Å². The highest BCUT2D eigenvalue weighted by molar-refractivity contribution is 7.91. The van der Waals surface area contributed by atoms with Crippen molar-refractivity contribution >= 4 is 55.4 Å². The third kappa shape index (κ3) is 8.63. The summed E-state index contributed by atoms with van der Waals surface area (Å²) < 4.78 is 46.9. The summed E-state index contributed by atoms with van der Waals surface area (Å²) in [5, 5.41) is 3.49. The third-order valence-corrected chi connectivity index (χ3v) is 16.6. The Labute approximate surface area is 329 Å². The van der Waals surface area contributed by atoms with Gasteiger partial charge < -0.3 is 19.6 Å². The molecule has 0 spiro atoms. The zero-order chi connectivity index (χ0) is 39.2. The zero-order valence-electron chi connectivity index (χ0n) is 31.7. The smallest absolute Gasteiger partial charge is 0.320 e. The Morgan fingerprint density at radius 1 is 0.836 bits per heavy atom. The molecule has 1 aromatic heterocycles. The van der Waals surface area contributed by atoms with Crippen molar-refractivity contribution in [1.29, 1.82) is 0 Å². The minimum atomic E-state index is -3.78. The molecule has 0 aliphatic rings. The van der Waals surface area contributed by atoms with Gasteiger partial charge in [0.1, 0.15) is 22.8 Å². The number of nitrogens with two attached hydrogens (primary N) is 1. The molecule has 0 saturated heterocycles. The van der Waals surface area contributed by atoms with Gasteiger partial charge in [-0.05, 0) is 44.7 Å². The molecule has 0 saturated carbocycles. The molecule has 55 heavy (non-hydrogen) atoms. The molecule has 0 aliphatic carbocycles. The third-order valence-electron chi connectivity index (χ3n) is 9.44. The average molecular weight is 788 g/mol. The van der Waals surface area contributed by atoms with E-state index in [1.165, 1.54) is 15.6 Å². The Morgan fingerprint density at radius 2 is 1.51 bits per heavy atom. The molecule has 0 aliphatic heterocycles. The van der Waals surface area contributed by atoms with Gasteiger partial charge in [-0.2, -0.15) is 4.31 Å². The number of hydrogen-bond acceptors (Lipinski definition) is 8. The number of benzene rings is 5. The normalized spacial score (nSPS) is 11.9. The van der Waals surface area contributed by atoms with Gasteiger partial charge in [-0.1, -0.05) is 142 Å². The van der Waals surface area contributed by atoms with Gasteiger partial charge in [-0.3, -0.25) is 0 Å². The summed E-state index contributed by atoms with van der Waals surface area (Å²) in [7, 11) is -3.63. The van der Waals surface area contributed by atoms with E-state index in [1.807, 2.05) is 48.5 Å². The first-order valence-electron chi connectivity index (χ1n) is 17.8. The first-order chi connectivity index (χ1) is 26.4. The number of nitrogen functional groups attached to an aromatic ring is 1. The molecule has 0 bridgehead atoms. The summed E-state index contributed by atoms with van der Waals surface area (Å²) in [4.78, 5) is 4.72. The number of methoxy groups -OCH3 is 2. The fourth-order valence-corrected chi connectivity index (χ4v) is 12.9. The van der Waals surface area contributed by atoms with Gasteiger partial charge in [0.25, 0.3) is 0 Å². The van der Waals surface area contributed by atoms with Crippen molar-refractivity contribution in [1.82, 2.24) is 9.29 Å². The lowest BCUT2D eigenvalue weighted by Gasteiger charge is -2.43. The second-order valence-corrected chi connectivity index (χ2v) is 21.3. The number of sulfonamides is 1. The molecular formula is C44H45N3O5S2Si. The second kappa shape index (κ2) is 16.5. The molecule has 0 amide bonds. The Hall–Kier alpha value is -5.38. The van der Waals surface area contributed by atoms with Crippen LogP contribution in [0.25, 0.3) is 10.2 Å². The first-order valence-corrected chi connectivity index (χ1v) is 22.0. The van der Waals surface area contributed by atoms with Gasteiger partial charge in [0.05, 0.1) is 18.9 Å². The van der Waals surface area contributed by atoms with Crippen LogP contribution in [0, 0.1) is 11.8 Å². The van der Waals surface area contributed by atoms with Crippen LogP contribution < -0.4 is 30.0 Å². The number of fused-ring (bicyclic) bond motifs is 1. The van der Waals surface area contributed by atoms with E-state index in [0.717, 1.165) is 42.7 Å². The molecule has 1 heterocycles. The molecule has 0 atom stereocenters. The van der Waals surface area contributed by atoms with E-state index < -0.39 is 18.3 Å². The molecular weight excluding hydrogens is 743 g/mol. The lowest BCUT2D eigenvalue weighted by molar-refractivity contribution is 0.371. The van der Waals surface area contributed by atoms with Crippen LogP contribution in [0.1, 0.15) is 43.0 Å². The van der Waals surface area contributed by atoms with E-state index in [2.05, 4.69) is 87.7 Å². The summed E-state index contributed by atoms with van der Waals surface area (Å²) in [6, 6.07) is 38.1. The van der Waals surface area contributed by atoms with Gasteiger partial charge in [0, 0.05) is 42.1 Å². The lowest BCUT2D eigenvalue weighted by atomic mass is 10.1. The SMILES string of the molecule is C=CS(=O)(=O)N(Cc1cccc(CC#Cc2cc(O[Si](c3ccccc3)(c3ccccc3)C(C)(C)C)c3nc(N)sc3c2)c1)Cc1ccc(OC)cc1OC. The maximum atomic E-state index is 13.2. The van der Waals surface area contributed by atoms with Crippen molar-refractivity contribution < 1.29 is 22.3 Å². The van der Waals surface area contributed by atoms with Gasteiger partial charge in [-0.25, -0.2) is 13.4 Å². The standard InChI is InChI=1S/C44H45N3O5S2Si/c1-7-54(48,49)47(31-35-24-25-36(50-5)29-39(35)51-6)30-34-19-15-17-32(26-34)16-14-18-33-27-40(42-41(28-33)53-43(45)46-42)52-55(44(2,3)4,37-20-10-8-11-21-37)38-22-12-9-13-23-38/h7-13,15,17,19-29H,1,16,30-31H2,2-6H3,(H2,45,46). The van der Waals surface area contributed by atoms with E-state index in [-0.39, 0.29) is 18.1 Å². The van der Waals surface area contributed by atoms with Crippen LogP contribution in [0.4, 0.5) is 5.13 Å². The minimum absolute atomic E-state index is 0.0917. The summed E-state index contributed by atoms with van der Waals surface area (Å²) in [6.07, 6.45) is 0.447. The number of aromatic nitrogens is 1. The maximum absolute atomic E-state index is 13.2. The predicted molar refractivity (Wildman–Crippen MR) is 227 cm³/mol. The second-order valence-electron chi connectivity index (χ2n) is 14.1. The quantitative estimate of drug-likeness (QED) is 0.0938. The van der Waals surface area contributed by atoms with Crippen LogP contribution in [0.5, 0.6) is 17.2 Å². The number of nitrogens with zero attached hydrogens (tertiary/aromatic N) is 2. The maximum Gasteiger partial charge on any atom is 0.320 e. The average Bonchev–Trinajstić information content (AvgIpc) is 3.57. The van der Waals surface area contributed by atoms with E-state index in [4.69, 9.17) is 24.6 Å². The fraction of sp³-hybridized carbons (Fsp3) is 0.205. The number of anilines is 1. The molecule has 6 rings (SSSR count). The van der Waals surface area contributed by atoms with E-state index in [9.17, 15) is 8.42 Å². The highest BCUT2D eigenvalue weighted by atomic mass is 32.2. The molecule has 0 fully saturated rings. The highest BCUT2D eigenvalue weighted by Crippen LogP contribution is 2.41. The van der Waals surface area contributed by atoms with Crippen molar-refractivity contribution in [3.8, 4) is 29.1 Å². The number of rotatable bonds is 13. The van der Waals surface area contributed by atoms with Crippen LogP contribution in [0.15, 0.2) is 127 Å². The van der Waals surface area contributed by atoms with E-state index in [1.54, 1.807) is 32.4 Å². The Morgan fingerprint density at radius 3 is 2.13 bits per heavy atom. The Balaban J connectivity index is 1.31. The van der Waals surface area contributed by atoms with Crippen molar-refractivity contribution in [2.45, 2.75) is 45.3 Å². The molecule has 0 unspecified atom stereocenters. The molecule has 2 N–H and O–H groups in total. The largest absolute Gasteiger partial charge is 0.532 e. The Kier molecular flexibility index (Phi) is 11.8. The van der Waals surface area contributed by atoms with Gasteiger partial charge in [0.15, 0.2) is 5.13 Å². The molecule has 282 valence electrons. The molecule has 0 radical (unpaired) electrons. The summed E-state index contributed by atoms with van der Waals surface area (Å²) >= 11 is 1.41. The number of ether oxygens (including phenoxy) is 2. The van der Waals surface area contributed by atoms with E-state index >= 15 is 0 Å². The van der Waals surface area contributed by atoms with Crippen LogP contribution in [-0.2, 0) is 29.5 Å². The summed E-state index contributed by atoms with van der Waals surface area (Å²) in [6.45, 7) is 10.5. The van der Waals surface area contributed by atoms with Crippen LogP contribution in [0.2, 0.25) is 5.04 Å². The molecule has 5 aromatic carbocycles. The van der Waals surface area contributed by atoms with Crippen molar-refractivity contribution in [3.05, 3.63) is 150 Å². The minimum Gasteiger partial charge on any atom is -0.532 e. The number of hydrogen-bond donors (Lipinski definition) is 1. The van der Waals surface area contributed by atoms with Crippen LogP contribution in [0.3, 0.4) is 0 Å². The molecule has 11 heteroatoms. The van der Waals surface area contributed by atoms with Crippen molar-refractivity contribution in [2.24, 2.45) is 0 Å². The van der Waals surface area contributed by atoms with Gasteiger partial charge in [-0.15, -0.1) is 0 Å². The lowest BCUT2D eigenvalue weighted by Crippen LogP contribution is -2.68. The molecule has 8 nitrogen and oxygen atoms in total. The topological polar surface area (TPSA) is 104 Å². The van der Waals surface area contributed by atoms with Crippen LogP contribution >= 0.6 is 11.3 Å². The highest BCUT2D eigenvalue weighted by Gasteiger charge is 2.52. The predicted octanol–water partition coefficient (Wildman–Crippen LogP) is 7.90. The molecule has 6 aromatic rings. The number of thiazole rings is 1. The van der Waals surface area contributed by atoms with Gasteiger partial charge >= 0.3 is 8.32 Å².